The number of anilines is 1. The number of ether oxygens (including phenoxy) is 1. The van der Waals surface area contributed by atoms with Crippen molar-refractivity contribution in [3.8, 4) is 5.75 Å². The molecule has 2 heterocycles. The molecule has 5 nitrogen and oxygen atoms in total. The van der Waals surface area contributed by atoms with E-state index in [0.717, 1.165) is 19.4 Å². The van der Waals surface area contributed by atoms with Gasteiger partial charge in [0.15, 0.2) is 6.61 Å². The van der Waals surface area contributed by atoms with Crippen molar-refractivity contribution in [3.05, 3.63) is 24.3 Å². The maximum Gasteiger partial charge on any atom is 0.258 e. The Labute approximate surface area is 125 Å². The average molecular weight is 289 g/mol. The van der Waals surface area contributed by atoms with Crippen molar-refractivity contribution in [2.24, 2.45) is 0 Å². The summed E-state index contributed by atoms with van der Waals surface area (Å²) in [7, 11) is 0. The van der Waals surface area contributed by atoms with Gasteiger partial charge in [-0.2, -0.15) is 0 Å². The van der Waals surface area contributed by atoms with Gasteiger partial charge in [0.05, 0.1) is 5.69 Å². The maximum absolute atomic E-state index is 12.0. The summed E-state index contributed by atoms with van der Waals surface area (Å²) >= 11 is 0. The fourth-order valence-electron chi connectivity index (χ4n) is 3.38. The predicted octanol–water partition coefficient (Wildman–Crippen LogP) is 1.39. The number of nitrogens with two attached hydrogens (primary N) is 1. The first-order chi connectivity index (χ1) is 10.2. The Morgan fingerprint density at radius 1 is 1.33 bits per heavy atom. The molecule has 2 unspecified atom stereocenters. The number of nitrogen functional groups attached to an aromatic ring is 1. The van der Waals surface area contributed by atoms with Gasteiger partial charge in [-0.05, 0) is 44.4 Å². The van der Waals surface area contributed by atoms with Crippen LogP contribution in [0.1, 0.15) is 25.7 Å². The lowest BCUT2D eigenvalue weighted by Gasteiger charge is -2.35. The molecule has 2 fully saturated rings. The molecule has 0 aromatic heterocycles. The van der Waals surface area contributed by atoms with Crippen LogP contribution in [0.3, 0.4) is 0 Å². The van der Waals surface area contributed by atoms with E-state index < -0.39 is 0 Å². The quantitative estimate of drug-likeness (QED) is 0.822. The molecule has 0 aliphatic carbocycles. The Kier molecular flexibility index (Phi) is 4.29. The third kappa shape index (κ3) is 3.47. The number of hydrogen-bond acceptors (Lipinski definition) is 4. The number of nitrogens with zero attached hydrogens (tertiary/aromatic N) is 1. The van der Waals surface area contributed by atoms with Crippen LogP contribution in [0.4, 0.5) is 5.69 Å². The van der Waals surface area contributed by atoms with Crippen molar-refractivity contribution in [2.75, 3.05) is 25.4 Å². The number of para-hydroxylation sites is 2. The molecule has 3 N–H and O–H groups in total. The van der Waals surface area contributed by atoms with Crippen LogP contribution in [0.2, 0.25) is 0 Å². The number of hydrogen-bond donors (Lipinski definition) is 2. The van der Waals surface area contributed by atoms with Crippen molar-refractivity contribution in [1.82, 2.24) is 10.2 Å². The summed E-state index contributed by atoms with van der Waals surface area (Å²) in [4.78, 5) is 14.5. The molecular weight excluding hydrogens is 266 g/mol. The van der Waals surface area contributed by atoms with Gasteiger partial charge in [0.25, 0.3) is 5.91 Å². The lowest BCUT2D eigenvalue weighted by atomic mass is 9.97. The van der Waals surface area contributed by atoms with Gasteiger partial charge in [0.2, 0.25) is 0 Å². The molecule has 1 aromatic carbocycles. The van der Waals surface area contributed by atoms with Gasteiger partial charge in [-0.25, -0.2) is 0 Å². The van der Waals surface area contributed by atoms with Crippen LogP contribution in [0.25, 0.3) is 0 Å². The zero-order chi connectivity index (χ0) is 14.7. The number of nitrogens with one attached hydrogen (secondary N) is 1. The van der Waals surface area contributed by atoms with Crippen molar-refractivity contribution in [3.63, 3.8) is 0 Å². The molecule has 2 aliphatic heterocycles. The number of rotatable bonds is 4. The van der Waals surface area contributed by atoms with Crippen molar-refractivity contribution in [2.45, 2.75) is 37.8 Å². The summed E-state index contributed by atoms with van der Waals surface area (Å²) in [5, 5.41) is 3.09. The topological polar surface area (TPSA) is 67.6 Å². The molecule has 3 rings (SSSR count). The van der Waals surface area contributed by atoms with Gasteiger partial charge in [-0.1, -0.05) is 12.1 Å². The van der Waals surface area contributed by atoms with Crippen LogP contribution >= 0.6 is 0 Å². The Balaban J connectivity index is 1.45. The van der Waals surface area contributed by atoms with Crippen LogP contribution in [-0.2, 0) is 4.79 Å². The van der Waals surface area contributed by atoms with Crippen LogP contribution < -0.4 is 15.8 Å². The van der Waals surface area contributed by atoms with E-state index in [9.17, 15) is 4.79 Å². The second-order valence-corrected chi connectivity index (χ2v) is 5.95. The number of piperidine rings is 1. The van der Waals surface area contributed by atoms with Crippen LogP contribution in [0.5, 0.6) is 5.75 Å². The van der Waals surface area contributed by atoms with E-state index in [1.54, 1.807) is 12.1 Å². The number of carbonyl (C=O) groups is 1. The maximum atomic E-state index is 12.0. The first-order valence-electron chi connectivity index (χ1n) is 7.73. The Bertz CT molecular complexity index is 506. The second-order valence-electron chi connectivity index (χ2n) is 5.95. The highest BCUT2D eigenvalue weighted by Crippen LogP contribution is 2.26. The van der Waals surface area contributed by atoms with Crippen molar-refractivity contribution < 1.29 is 9.53 Å². The normalized spacial score (nSPS) is 25.3. The van der Waals surface area contributed by atoms with Gasteiger partial charge in [-0.3, -0.25) is 4.79 Å². The summed E-state index contributed by atoms with van der Waals surface area (Å²) in [6.45, 7) is 2.35. The molecule has 114 valence electrons. The Morgan fingerprint density at radius 3 is 3.05 bits per heavy atom. The average Bonchev–Trinajstić information content (AvgIpc) is 2.94. The predicted molar refractivity (Wildman–Crippen MR) is 82.1 cm³/mol. The largest absolute Gasteiger partial charge is 0.482 e. The van der Waals surface area contributed by atoms with Gasteiger partial charge in [-0.15, -0.1) is 0 Å². The molecular formula is C16H23N3O2. The molecule has 0 bridgehead atoms. The zero-order valence-corrected chi connectivity index (χ0v) is 12.3. The van der Waals surface area contributed by atoms with E-state index in [-0.39, 0.29) is 18.6 Å². The SMILES string of the molecule is Nc1ccccc1OCC(=O)NC1CCN2CCCC2C1. The summed E-state index contributed by atoms with van der Waals surface area (Å²) in [6, 6.07) is 8.18. The fraction of sp³-hybridized carbons (Fsp3) is 0.562. The first kappa shape index (κ1) is 14.2. The summed E-state index contributed by atoms with van der Waals surface area (Å²) in [5.74, 6) is 0.507. The highest BCUT2D eigenvalue weighted by molar-refractivity contribution is 5.78. The lowest BCUT2D eigenvalue weighted by molar-refractivity contribution is -0.124. The number of benzene rings is 1. The monoisotopic (exact) mass is 289 g/mol. The minimum Gasteiger partial charge on any atom is -0.482 e. The third-order valence-corrected chi connectivity index (χ3v) is 4.46. The van der Waals surface area contributed by atoms with Gasteiger partial charge < -0.3 is 20.7 Å². The molecule has 5 heteroatoms. The van der Waals surface area contributed by atoms with Crippen molar-refractivity contribution in [1.29, 1.82) is 0 Å². The molecule has 0 radical (unpaired) electrons. The van der Waals surface area contributed by atoms with E-state index >= 15 is 0 Å². The smallest absolute Gasteiger partial charge is 0.258 e. The third-order valence-electron chi connectivity index (χ3n) is 4.46. The van der Waals surface area contributed by atoms with E-state index in [0.29, 0.717) is 17.5 Å². The summed E-state index contributed by atoms with van der Waals surface area (Å²) in [5.41, 5.74) is 6.35. The van der Waals surface area contributed by atoms with Crippen molar-refractivity contribution >= 4 is 11.6 Å². The molecule has 0 spiro atoms. The van der Waals surface area contributed by atoms with E-state index in [4.69, 9.17) is 10.5 Å². The molecule has 2 aliphatic rings. The lowest BCUT2D eigenvalue weighted by Crippen LogP contribution is -2.48. The van der Waals surface area contributed by atoms with Crippen LogP contribution in [0.15, 0.2) is 24.3 Å². The highest BCUT2D eigenvalue weighted by Gasteiger charge is 2.32. The first-order valence-corrected chi connectivity index (χ1v) is 7.73. The number of fused-ring (bicyclic) bond motifs is 1. The van der Waals surface area contributed by atoms with Gasteiger partial charge in [0.1, 0.15) is 5.75 Å². The molecule has 1 aromatic rings. The molecule has 0 saturated carbocycles. The minimum atomic E-state index is -0.0605. The van der Waals surface area contributed by atoms with Crippen LogP contribution in [-0.4, -0.2) is 42.6 Å². The highest BCUT2D eigenvalue weighted by atomic mass is 16.5. The van der Waals surface area contributed by atoms with E-state index in [1.807, 2.05) is 12.1 Å². The fourth-order valence-corrected chi connectivity index (χ4v) is 3.38. The molecule has 1 amide bonds. The zero-order valence-electron chi connectivity index (χ0n) is 12.3. The van der Waals surface area contributed by atoms with Crippen LogP contribution in [0, 0.1) is 0 Å². The van der Waals surface area contributed by atoms with E-state index in [1.165, 1.54) is 19.4 Å². The Hall–Kier alpha value is -1.75. The Morgan fingerprint density at radius 2 is 2.19 bits per heavy atom. The molecule has 2 atom stereocenters. The second kappa shape index (κ2) is 6.35. The minimum absolute atomic E-state index is 0.0269. The molecule has 2 saturated heterocycles. The van der Waals surface area contributed by atoms with Gasteiger partial charge in [0, 0.05) is 18.6 Å². The van der Waals surface area contributed by atoms with E-state index in [2.05, 4.69) is 10.2 Å². The van der Waals surface area contributed by atoms with Gasteiger partial charge >= 0.3 is 0 Å². The standard InChI is InChI=1S/C16H23N3O2/c17-14-5-1-2-6-15(14)21-11-16(20)18-12-7-9-19-8-3-4-13(19)10-12/h1-2,5-6,12-13H,3-4,7-11,17H2,(H,18,20). The number of amides is 1. The molecule has 21 heavy (non-hydrogen) atoms. The number of carbonyl (C=O) groups excluding carboxylic acids is 1. The summed E-state index contributed by atoms with van der Waals surface area (Å²) in [6.07, 6.45) is 4.67. The summed E-state index contributed by atoms with van der Waals surface area (Å²) < 4.78 is 5.48.